The highest BCUT2D eigenvalue weighted by atomic mass is 35.5. The molecular weight excluding hydrogens is 512 g/mol. The number of aromatic carboxylic acids is 1. The zero-order chi connectivity index (χ0) is 27.1. The minimum atomic E-state index is -1.19. The summed E-state index contributed by atoms with van der Waals surface area (Å²) >= 11 is 5.91. The molecule has 0 aliphatic carbocycles. The molecule has 198 valence electrons. The summed E-state index contributed by atoms with van der Waals surface area (Å²) in [7, 11) is 1.72. The van der Waals surface area contributed by atoms with Gasteiger partial charge < -0.3 is 24.7 Å². The van der Waals surface area contributed by atoms with E-state index in [2.05, 4.69) is 25.3 Å². The predicted octanol–water partition coefficient (Wildman–Crippen LogP) is 3.18. The van der Waals surface area contributed by atoms with Crippen LogP contribution in [-0.4, -0.2) is 61.9 Å². The first-order valence-corrected chi connectivity index (χ1v) is 12.5. The number of aromatic nitrogens is 5. The number of hydrogen-bond donors (Lipinski definition) is 2. The second-order valence-corrected chi connectivity index (χ2v) is 9.71. The van der Waals surface area contributed by atoms with Crippen LogP contribution < -0.4 is 20.7 Å². The molecule has 1 aromatic carbocycles. The van der Waals surface area contributed by atoms with Crippen LogP contribution in [0.25, 0.3) is 10.9 Å². The highest BCUT2D eigenvalue weighted by Gasteiger charge is 2.25. The molecule has 4 heterocycles. The number of piperazine rings is 1. The van der Waals surface area contributed by atoms with Crippen molar-refractivity contribution in [2.45, 2.75) is 26.8 Å². The molecule has 0 spiro atoms. The molecule has 12 nitrogen and oxygen atoms in total. The highest BCUT2D eigenvalue weighted by molar-refractivity contribution is 6.29. The van der Waals surface area contributed by atoms with Gasteiger partial charge in [0.1, 0.15) is 5.15 Å². The molecule has 13 heteroatoms. The van der Waals surface area contributed by atoms with E-state index >= 15 is 0 Å². The third-order valence-corrected chi connectivity index (χ3v) is 6.79. The maximum absolute atomic E-state index is 13.5. The van der Waals surface area contributed by atoms with Crippen LogP contribution in [0.3, 0.4) is 0 Å². The first-order valence-electron chi connectivity index (χ1n) is 12.1. The van der Waals surface area contributed by atoms with Crippen molar-refractivity contribution < 1.29 is 14.4 Å². The number of hydrogen-bond acceptors (Lipinski definition) is 10. The van der Waals surface area contributed by atoms with E-state index in [-0.39, 0.29) is 22.4 Å². The average molecular weight is 539 g/mol. The topological polar surface area (TPSA) is 143 Å². The van der Waals surface area contributed by atoms with Crippen LogP contribution in [-0.2, 0) is 7.05 Å². The van der Waals surface area contributed by atoms with Crippen LogP contribution in [0.4, 0.5) is 17.7 Å². The molecule has 0 unspecified atom stereocenters. The van der Waals surface area contributed by atoms with Crippen molar-refractivity contribution in [2.24, 2.45) is 7.05 Å². The summed E-state index contributed by atoms with van der Waals surface area (Å²) in [6, 6.07) is 6.98. The van der Waals surface area contributed by atoms with Gasteiger partial charge in [-0.3, -0.25) is 9.36 Å². The standard InChI is InChI=1S/C25H27ClN8O4/c1-13-11-16(14(2)27-18-5-6-19(26)29-21(18)23(36)37)20-17(12-13)22(35)32(4)24(30-20)33-7-9-34(10-8-33)25-28-15(3)31-38-25/h5-6,11-12,14,27H,7-10H2,1-4H3,(H,36,37)/t14-/m1/s1. The fourth-order valence-electron chi connectivity index (χ4n) is 4.69. The number of anilines is 3. The molecule has 3 aromatic heterocycles. The van der Waals surface area contributed by atoms with E-state index in [0.29, 0.717) is 60.6 Å². The number of halogens is 1. The van der Waals surface area contributed by atoms with Crippen LogP contribution in [0.5, 0.6) is 0 Å². The highest BCUT2D eigenvalue weighted by Crippen LogP contribution is 2.29. The maximum atomic E-state index is 13.5. The predicted molar refractivity (Wildman–Crippen MR) is 143 cm³/mol. The Morgan fingerprint density at radius 1 is 1.11 bits per heavy atom. The number of pyridine rings is 1. The van der Waals surface area contributed by atoms with E-state index in [1.165, 1.54) is 6.07 Å². The Balaban J connectivity index is 1.50. The van der Waals surface area contributed by atoms with Crippen LogP contribution in [0.1, 0.15) is 40.4 Å². The summed E-state index contributed by atoms with van der Waals surface area (Å²) in [5.74, 6) is -0.0580. The fraction of sp³-hybridized carbons (Fsp3) is 0.360. The van der Waals surface area contributed by atoms with E-state index in [0.717, 1.165) is 11.1 Å². The second-order valence-electron chi connectivity index (χ2n) is 9.33. The summed E-state index contributed by atoms with van der Waals surface area (Å²) in [5.41, 5.74) is 2.20. The van der Waals surface area contributed by atoms with Gasteiger partial charge in [-0.1, -0.05) is 22.8 Å². The Hall–Kier alpha value is -4.19. The van der Waals surface area contributed by atoms with E-state index in [4.69, 9.17) is 21.1 Å². The Labute approximate surface area is 222 Å². The number of carbonyl (C=O) groups is 1. The van der Waals surface area contributed by atoms with Crippen molar-refractivity contribution in [2.75, 3.05) is 41.3 Å². The van der Waals surface area contributed by atoms with Crippen molar-refractivity contribution in [1.82, 2.24) is 24.7 Å². The van der Waals surface area contributed by atoms with Gasteiger partial charge in [0.05, 0.1) is 22.6 Å². The van der Waals surface area contributed by atoms with E-state index in [1.807, 2.05) is 30.9 Å². The molecule has 1 aliphatic heterocycles. The minimum absolute atomic E-state index is 0.0886. The van der Waals surface area contributed by atoms with Gasteiger partial charge in [0, 0.05) is 38.8 Å². The Bertz CT molecular complexity index is 1590. The van der Waals surface area contributed by atoms with Crippen molar-refractivity contribution >= 4 is 46.1 Å². The van der Waals surface area contributed by atoms with Gasteiger partial charge in [-0.15, -0.1) is 0 Å². The van der Waals surface area contributed by atoms with E-state index in [9.17, 15) is 14.7 Å². The molecule has 2 N–H and O–H groups in total. The molecule has 1 atom stereocenters. The number of rotatable bonds is 6. The van der Waals surface area contributed by atoms with Gasteiger partial charge in [0.2, 0.25) is 5.95 Å². The number of benzene rings is 1. The number of nitrogens with zero attached hydrogens (tertiary/aromatic N) is 7. The molecule has 0 radical (unpaired) electrons. The lowest BCUT2D eigenvalue weighted by atomic mass is 10.0. The Morgan fingerprint density at radius 3 is 2.47 bits per heavy atom. The lowest BCUT2D eigenvalue weighted by Crippen LogP contribution is -2.48. The second kappa shape index (κ2) is 9.93. The van der Waals surface area contributed by atoms with Crippen molar-refractivity contribution in [3.05, 3.63) is 62.4 Å². The van der Waals surface area contributed by atoms with E-state index < -0.39 is 5.97 Å². The number of carboxylic acids is 1. The summed E-state index contributed by atoms with van der Waals surface area (Å²) < 4.78 is 6.87. The first-order chi connectivity index (χ1) is 18.1. The summed E-state index contributed by atoms with van der Waals surface area (Å²) in [6.07, 6.45) is 0. The van der Waals surface area contributed by atoms with Gasteiger partial charge in [-0.2, -0.15) is 4.98 Å². The van der Waals surface area contributed by atoms with Crippen LogP contribution in [0.2, 0.25) is 5.15 Å². The number of carboxylic acid groups (broad SMARTS) is 1. The minimum Gasteiger partial charge on any atom is -0.476 e. The van der Waals surface area contributed by atoms with Gasteiger partial charge in [0.25, 0.3) is 5.56 Å². The largest absolute Gasteiger partial charge is 0.476 e. The van der Waals surface area contributed by atoms with Gasteiger partial charge >= 0.3 is 12.0 Å². The molecule has 4 aromatic rings. The quantitative estimate of drug-likeness (QED) is 0.349. The summed E-state index contributed by atoms with van der Waals surface area (Å²) in [5, 5.41) is 17.3. The number of fused-ring (bicyclic) bond motifs is 1. The monoisotopic (exact) mass is 538 g/mol. The smallest absolute Gasteiger partial charge is 0.356 e. The van der Waals surface area contributed by atoms with Crippen molar-refractivity contribution in [3.8, 4) is 0 Å². The number of aryl methyl sites for hydroxylation is 2. The molecule has 1 aliphatic rings. The lowest BCUT2D eigenvalue weighted by Gasteiger charge is -2.35. The summed E-state index contributed by atoms with van der Waals surface area (Å²) in [6.45, 7) is 8.07. The molecule has 1 saturated heterocycles. The molecule has 38 heavy (non-hydrogen) atoms. The average Bonchev–Trinajstić information content (AvgIpc) is 3.33. The zero-order valence-electron chi connectivity index (χ0n) is 21.4. The van der Waals surface area contributed by atoms with Gasteiger partial charge in [-0.05, 0) is 44.5 Å². The van der Waals surface area contributed by atoms with Gasteiger partial charge in [-0.25, -0.2) is 14.8 Å². The molecule has 1 fully saturated rings. The normalized spacial score (nSPS) is 14.7. The van der Waals surface area contributed by atoms with Crippen molar-refractivity contribution in [3.63, 3.8) is 0 Å². The SMILES string of the molecule is Cc1cc([C@@H](C)Nc2ccc(Cl)nc2C(=O)O)c2nc(N3CCN(c4nc(C)no4)CC3)n(C)c(=O)c2c1. The maximum Gasteiger partial charge on any atom is 0.356 e. The van der Waals surface area contributed by atoms with Crippen LogP contribution >= 0.6 is 11.6 Å². The molecule has 5 rings (SSSR count). The Kier molecular flexibility index (Phi) is 6.66. The van der Waals surface area contributed by atoms with Gasteiger partial charge in [0.15, 0.2) is 11.5 Å². The third kappa shape index (κ3) is 4.74. The third-order valence-electron chi connectivity index (χ3n) is 6.58. The molecule has 0 saturated carbocycles. The molecule has 0 amide bonds. The lowest BCUT2D eigenvalue weighted by molar-refractivity contribution is 0.0691. The van der Waals surface area contributed by atoms with Crippen molar-refractivity contribution in [1.29, 1.82) is 0 Å². The van der Waals surface area contributed by atoms with Crippen LogP contribution in [0, 0.1) is 13.8 Å². The number of nitrogens with one attached hydrogen (secondary N) is 1. The first kappa shape index (κ1) is 25.5. The van der Waals surface area contributed by atoms with E-state index in [1.54, 1.807) is 24.6 Å². The van der Waals surface area contributed by atoms with Crippen LogP contribution in [0.15, 0.2) is 33.6 Å². The molecular formula is C25H27ClN8O4. The summed E-state index contributed by atoms with van der Waals surface area (Å²) in [4.78, 5) is 42.5. The zero-order valence-corrected chi connectivity index (χ0v) is 22.2. The Morgan fingerprint density at radius 2 is 1.82 bits per heavy atom. The molecule has 0 bridgehead atoms. The fourth-order valence-corrected chi connectivity index (χ4v) is 4.84.